The van der Waals surface area contributed by atoms with Crippen molar-refractivity contribution in [3.05, 3.63) is 14.7 Å². The smallest absolute Gasteiger partial charge is 0.242 e. The Morgan fingerprint density at radius 2 is 2.19 bits per heavy atom. The van der Waals surface area contributed by atoms with Gasteiger partial charge in [-0.15, -0.1) is 11.3 Å². The molecule has 1 aromatic heterocycles. The van der Waals surface area contributed by atoms with Gasteiger partial charge in [0.25, 0.3) is 0 Å². The molecular weight excluding hydrogens is 293 g/mol. The highest BCUT2D eigenvalue weighted by molar-refractivity contribution is 7.89. The minimum absolute atomic E-state index is 0.0292. The summed E-state index contributed by atoms with van der Waals surface area (Å²) in [5, 5.41) is 0. The molecule has 1 heterocycles. The normalized spacial score (nSPS) is 11.9. The summed E-state index contributed by atoms with van der Waals surface area (Å²) in [4.78, 5) is 0.0292. The molecule has 0 unspecified atom stereocenters. The van der Waals surface area contributed by atoms with E-state index < -0.39 is 10.0 Å². The number of rotatable bonds is 6. The summed E-state index contributed by atoms with van der Waals surface area (Å²) >= 11 is 12.5. The lowest BCUT2D eigenvalue weighted by atomic mass is 10.5. The number of thiophene rings is 1. The Morgan fingerprint density at radius 1 is 1.50 bits per heavy atom. The summed E-state index contributed by atoms with van der Waals surface area (Å²) in [6, 6.07) is 1.34. The standard InChI is InChI=1S/C8H11Cl2NO3S2/c1-14-4-2-3-11-16(12,13)6-5-7(9)15-8(6)10/h5,11H,2-4H2,1H3. The molecular formula is C8H11Cl2NO3S2. The predicted molar refractivity (Wildman–Crippen MR) is 66.0 cm³/mol. The fraction of sp³-hybridized carbons (Fsp3) is 0.500. The van der Waals surface area contributed by atoms with Crippen molar-refractivity contribution in [1.29, 1.82) is 0 Å². The highest BCUT2D eigenvalue weighted by atomic mass is 35.5. The first-order chi connectivity index (χ1) is 7.47. The number of halogens is 2. The SMILES string of the molecule is COCCCNS(=O)(=O)c1cc(Cl)sc1Cl. The van der Waals surface area contributed by atoms with E-state index >= 15 is 0 Å². The van der Waals surface area contributed by atoms with Crippen molar-refractivity contribution in [3.8, 4) is 0 Å². The molecule has 0 aliphatic carbocycles. The van der Waals surface area contributed by atoms with E-state index in [-0.39, 0.29) is 9.23 Å². The average Bonchev–Trinajstić information content (AvgIpc) is 2.53. The molecule has 0 bridgehead atoms. The van der Waals surface area contributed by atoms with E-state index in [0.717, 1.165) is 11.3 Å². The van der Waals surface area contributed by atoms with Crippen LogP contribution in [0.4, 0.5) is 0 Å². The number of methoxy groups -OCH3 is 1. The van der Waals surface area contributed by atoms with Gasteiger partial charge in [-0.1, -0.05) is 23.2 Å². The summed E-state index contributed by atoms with van der Waals surface area (Å²) in [5.41, 5.74) is 0. The minimum atomic E-state index is -3.56. The van der Waals surface area contributed by atoms with Crippen LogP contribution in [0.5, 0.6) is 0 Å². The molecule has 0 saturated heterocycles. The molecule has 92 valence electrons. The van der Waals surface area contributed by atoms with Crippen LogP contribution >= 0.6 is 34.5 Å². The second-order valence-corrected chi connectivity index (χ2v) is 6.95. The Morgan fingerprint density at radius 3 is 2.69 bits per heavy atom. The zero-order valence-electron chi connectivity index (χ0n) is 8.50. The first-order valence-electron chi connectivity index (χ1n) is 4.41. The quantitative estimate of drug-likeness (QED) is 0.821. The lowest BCUT2D eigenvalue weighted by Crippen LogP contribution is -2.25. The van der Waals surface area contributed by atoms with E-state index in [4.69, 9.17) is 27.9 Å². The fourth-order valence-corrected chi connectivity index (χ4v) is 4.23. The van der Waals surface area contributed by atoms with Crippen molar-refractivity contribution in [3.63, 3.8) is 0 Å². The Kier molecular flexibility index (Phi) is 5.49. The molecule has 0 radical (unpaired) electrons. The van der Waals surface area contributed by atoms with Crippen molar-refractivity contribution >= 4 is 44.6 Å². The molecule has 1 aromatic rings. The molecule has 0 amide bonds. The maximum atomic E-state index is 11.7. The summed E-state index contributed by atoms with van der Waals surface area (Å²) in [6.07, 6.45) is 0.602. The summed E-state index contributed by atoms with van der Waals surface area (Å²) in [5.74, 6) is 0. The predicted octanol–water partition coefficient (Wildman–Crippen LogP) is 2.37. The molecule has 0 saturated carbocycles. The number of hydrogen-bond donors (Lipinski definition) is 1. The van der Waals surface area contributed by atoms with Gasteiger partial charge >= 0.3 is 0 Å². The molecule has 4 nitrogen and oxygen atoms in total. The molecule has 1 N–H and O–H groups in total. The number of ether oxygens (including phenoxy) is 1. The van der Waals surface area contributed by atoms with Gasteiger partial charge < -0.3 is 4.74 Å². The van der Waals surface area contributed by atoms with Crippen molar-refractivity contribution < 1.29 is 13.2 Å². The van der Waals surface area contributed by atoms with Crippen molar-refractivity contribution in [2.24, 2.45) is 0 Å². The van der Waals surface area contributed by atoms with Crippen molar-refractivity contribution in [2.45, 2.75) is 11.3 Å². The molecule has 0 spiro atoms. The molecule has 0 aliphatic heterocycles. The van der Waals surface area contributed by atoms with Crippen LogP contribution in [0, 0.1) is 0 Å². The van der Waals surface area contributed by atoms with Gasteiger partial charge in [0.2, 0.25) is 10.0 Å². The third kappa shape index (κ3) is 3.87. The van der Waals surface area contributed by atoms with Crippen LogP contribution in [-0.4, -0.2) is 28.7 Å². The second-order valence-electron chi connectivity index (χ2n) is 2.93. The minimum Gasteiger partial charge on any atom is -0.385 e. The highest BCUT2D eigenvalue weighted by Crippen LogP contribution is 2.33. The van der Waals surface area contributed by atoms with Gasteiger partial charge in [-0.2, -0.15) is 0 Å². The highest BCUT2D eigenvalue weighted by Gasteiger charge is 2.20. The van der Waals surface area contributed by atoms with Gasteiger partial charge in [0.15, 0.2) is 0 Å². The first kappa shape index (κ1) is 14.2. The molecule has 8 heteroatoms. The van der Waals surface area contributed by atoms with E-state index in [2.05, 4.69) is 4.72 Å². The Hall–Kier alpha value is 0.150. The van der Waals surface area contributed by atoms with Crippen LogP contribution in [0.2, 0.25) is 8.67 Å². The molecule has 0 atom stereocenters. The average molecular weight is 304 g/mol. The van der Waals surface area contributed by atoms with E-state index in [9.17, 15) is 8.42 Å². The first-order valence-corrected chi connectivity index (χ1v) is 7.46. The van der Waals surface area contributed by atoms with Crippen LogP contribution in [0.1, 0.15) is 6.42 Å². The molecule has 1 rings (SSSR count). The zero-order valence-corrected chi connectivity index (χ0v) is 11.6. The van der Waals surface area contributed by atoms with E-state index in [1.807, 2.05) is 0 Å². The third-order valence-corrected chi connectivity index (χ3v) is 4.95. The lowest BCUT2D eigenvalue weighted by Gasteiger charge is -2.04. The number of sulfonamides is 1. The Bertz CT molecular complexity index is 444. The zero-order chi connectivity index (χ0) is 12.2. The molecule has 16 heavy (non-hydrogen) atoms. The van der Waals surface area contributed by atoms with Gasteiger partial charge in [0, 0.05) is 20.3 Å². The summed E-state index contributed by atoms with van der Waals surface area (Å²) in [6.45, 7) is 0.806. The van der Waals surface area contributed by atoms with Gasteiger partial charge in [0.05, 0.1) is 4.34 Å². The monoisotopic (exact) mass is 303 g/mol. The van der Waals surface area contributed by atoms with Crippen LogP contribution in [0.3, 0.4) is 0 Å². The lowest BCUT2D eigenvalue weighted by molar-refractivity contribution is 0.196. The number of nitrogens with one attached hydrogen (secondary N) is 1. The van der Waals surface area contributed by atoms with E-state index in [1.54, 1.807) is 7.11 Å². The Labute approximate surface area is 109 Å². The second kappa shape index (κ2) is 6.18. The van der Waals surface area contributed by atoms with Gasteiger partial charge in [-0.3, -0.25) is 0 Å². The van der Waals surface area contributed by atoms with Gasteiger partial charge in [-0.05, 0) is 12.5 Å². The fourth-order valence-electron chi connectivity index (χ4n) is 1.01. The van der Waals surface area contributed by atoms with Crippen molar-refractivity contribution in [1.82, 2.24) is 4.72 Å². The van der Waals surface area contributed by atoms with Crippen LogP contribution in [0.15, 0.2) is 11.0 Å². The van der Waals surface area contributed by atoms with Crippen molar-refractivity contribution in [2.75, 3.05) is 20.3 Å². The van der Waals surface area contributed by atoms with Crippen LogP contribution < -0.4 is 4.72 Å². The molecule has 0 aliphatic rings. The van der Waals surface area contributed by atoms with Crippen LogP contribution in [0.25, 0.3) is 0 Å². The van der Waals surface area contributed by atoms with E-state index in [1.165, 1.54) is 6.07 Å². The third-order valence-electron chi connectivity index (χ3n) is 1.73. The van der Waals surface area contributed by atoms with E-state index in [0.29, 0.717) is 23.9 Å². The maximum absolute atomic E-state index is 11.7. The topological polar surface area (TPSA) is 55.4 Å². The van der Waals surface area contributed by atoms with Gasteiger partial charge in [-0.25, -0.2) is 13.1 Å². The summed E-state index contributed by atoms with van der Waals surface area (Å²) in [7, 11) is -2.00. The molecule has 0 fully saturated rings. The largest absolute Gasteiger partial charge is 0.385 e. The maximum Gasteiger partial charge on any atom is 0.242 e. The van der Waals surface area contributed by atoms with Crippen LogP contribution in [-0.2, 0) is 14.8 Å². The van der Waals surface area contributed by atoms with Gasteiger partial charge in [0.1, 0.15) is 9.23 Å². The Balaban J connectivity index is 2.67. The molecule has 0 aromatic carbocycles. The summed E-state index contributed by atoms with van der Waals surface area (Å²) < 4.78 is 31.2. The number of hydrogen-bond acceptors (Lipinski definition) is 4.